The van der Waals surface area contributed by atoms with Gasteiger partial charge in [-0.25, -0.2) is 9.78 Å². The summed E-state index contributed by atoms with van der Waals surface area (Å²) in [6, 6.07) is -4.95. The largest absolute Gasteiger partial charge is 0.481 e. The molecule has 0 aromatic carbocycles. The first-order valence-corrected chi connectivity index (χ1v) is 11.8. The molecule has 202 valence electrons. The zero-order chi connectivity index (χ0) is 27.3. The van der Waals surface area contributed by atoms with Gasteiger partial charge in [-0.1, -0.05) is 20.3 Å². The van der Waals surface area contributed by atoms with Crippen LogP contribution in [0.25, 0.3) is 0 Å². The van der Waals surface area contributed by atoms with E-state index in [1.54, 1.807) is 6.92 Å². The molecular formula is C22H37N7O7. The number of nitrogens with zero attached hydrogens (tertiary/aromatic N) is 1. The maximum Gasteiger partial charge on any atom is 0.326 e. The number of aromatic amines is 1. The van der Waals surface area contributed by atoms with Gasteiger partial charge in [-0.3, -0.25) is 19.2 Å². The van der Waals surface area contributed by atoms with Gasteiger partial charge in [0.15, 0.2) is 0 Å². The predicted molar refractivity (Wildman–Crippen MR) is 128 cm³/mol. The molecule has 1 heterocycles. The van der Waals surface area contributed by atoms with Crippen molar-refractivity contribution in [1.29, 1.82) is 0 Å². The Bertz CT molecular complexity index is 878. The Kier molecular flexibility index (Phi) is 13.1. The van der Waals surface area contributed by atoms with Gasteiger partial charge in [-0.15, -0.1) is 0 Å². The first-order valence-electron chi connectivity index (χ1n) is 11.8. The molecule has 0 radical (unpaired) electrons. The number of hydrogen-bond donors (Lipinski definition) is 8. The molecule has 0 aliphatic heterocycles. The van der Waals surface area contributed by atoms with Crippen molar-refractivity contribution in [1.82, 2.24) is 25.9 Å². The summed E-state index contributed by atoms with van der Waals surface area (Å²) in [5.41, 5.74) is 11.9. The second-order valence-electron chi connectivity index (χ2n) is 8.60. The van der Waals surface area contributed by atoms with Crippen LogP contribution in [0.4, 0.5) is 0 Å². The molecule has 1 rings (SSSR count). The van der Waals surface area contributed by atoms with Crippen LogP contribution in [0.1, 0.15) is 51.6 Å². The topological polar surface area (TPSA) is 243 Å². The molecular weight excluding hydrogens is 474 g/mol. The van der Waals surface area contributed by atoms with Crippen molar-refractivity contribution >= 4 is 29.7 Å². The van der Waals surface area contributed by atoms with Crippen molar-refractivity contribution in [3.05, 3.63) is 18.2 Å². The Morgan fingerprint density at radius 1 is 1.00 bits per heavy atom. The Balaban J connectivity index is 3.00. The lowest BCUT2D eigenvalue weighted by molar-refractivity contribution is -0.143. The highest BCUT2D eigenvalue weighted by molar-refractivity contribution is 5.95. The molecule has 0 spiro atoms. The number of rotatable bonds is 17. The van der Waals surface area contributed by atoms with Crippen LogP contribution < -0.4 is 27.4 Å². The predicted octanol–water partition coefficient (Wildman–Crippen LogP) is -1.53. The van der Waals surface area contributed by atoms with E-state index in [1.807, 2.05) is 6.92 Å². The normalized spacial score (nSPS) is 15.1. The second kappa shape index (κ2) is 15.5. The number of aromatic nitrogens is 2. The Labute approximate surface area is 209 Å². The van der Waals surface area contributed by atoms with Crippen LogP contribution in [0.5, 0.6) is 0 Å². The fraction of sp³-hybridized carbons (Fsp3) is 0.636. The van der Waals surface area contributed by atoms with E-state index in [2.05, 4.69) is 25.9 Å². The summed E-state index contributed by atoms with van der Waals surface area (Å²) in [6.07, 6.45) is 3.66. The molecule has 0 saturated heterocycles. The maximum atomic E-state index is 12.9. The van der Waals surface area contributed by atoms with Gasteiger partial charge in [0, 0.05) is 18.3 Å². The lowest BCUT2D eigenvalue weighted by Crippen LogP contribution is -2.58. The van der Waals surface area contributed by atoms with Crippen LogP contribution >= 0.6 is 0 Å². The standard InChI is InChI=1S/C22H37N7O7/c1-3-12(2)18(24)21(34)28-15(9-17(30)31)20(33)27-14(6-4-5-7-23)19(32)29-16(22(35)36)8-13-10-25-11-26-13/h10-12,14-16,18H,3-9,23-24H2,1-2H3,(H,25,26)(H,27,33)(H,28,34)(H,29,32)(H,30,31)(H,35,36). The molecule has 5 unspecified atom stereocenters. The number of nitrogens with two attached hydrogens (primary N) is 2. The lowest BCUT2D eigenvalue weighted by atomic mass is 9.99. The third kappa shape index (κ3) is 10.4. The lowest BCUT2D eigenvalue weighted by Gasteiger charge is -2.25. The first kappa shape index (κ1) is 30.5. The summed E-state index contributed by atoms with van der Waals surface area (Å²) in [4.78, 5) is 67.9. The fourth-order valence-corrected chi connectivity index (χ4v) is 3.29. The molecule has 14 heteroatoms. The molecule has 1 aromatic heterocycles. The van der Waals surface area contributed by atoms with Gasteiger partial charge >= 0.3 is 11.9 Å². The summed E-state index contributed by atoms with van der Waals surface area (Å²) in [5.74, 6) is -5.22. The fourth-order valence-electron chi connectivity index (χ4n) is 3.29. The first-order chi connectivity index (χ1) is 17.0. The van der Waals surface area contributed by atoms with E-state index in [4.69, 9.17) is 11.5 Å². The number of carboxylic acid groups (broad SMARTS) is 2. The number of carbonyl (C=O) groups is 5. The van der Waals surface area contributed by atoms with Crippen molar-refractivity contribution < 1.29 is 34.2 Å². The molecule has 5 atom stereocenters. The molecule has 3 amide bonds. The third-order valence-electron chi connectivity index (χ3n) is 5.74. The molecule has 0 saturated carbocycles. The van der Waals surface area contributed by atoms with Crippen molar-refractivity contribution in [3.8, 4) is 0 Å². The van der Waals surface area contributed by atoms with Crippen LogP contribution in [-0.4, -0.2) is 80.6 Å². The van der Waals surface area contributed by atoms with Crippen molar-refractivity contribution in [2.75, 3.05) is 6.54 Å². The quantitative estimate of drug-likeness (QED) is 0.112. The summed E-state index contributed by atoms with van der Waals surface area (Å²) >= 11 is 0. The number of carbonyl (C=O) groups excluding carboxylic acids is 3. The van der Waals surface area contributed by atoms with Crippen LogP contribution in [0.15, 0.2) is 12.5 Å². The van der Waals surface area contributed by atoms with Crippen LogP contribution in [0, 0.1) is 5.92 Å². The van der Waals surface area contributed by atoms with Crippen molar-refractivity contribution in [3.63, 3.8) is 0 Å². The Morgan fingerprint density at radius 3 is 2.14 bits per heavy atom. The molecule has 1 aromatic rings. The van der Waals surface area contributed by atoms with Gasteiger partial charge in [0.05, 0.1) is 18.8 Å². The summed E-state index contributed by atoms with van der Waals surface area (Å²) in [6.45, 7) is 3.92. The highest BCUT2D eigenvalue weighted by Gasteiger charge is 2.32. The minimum atomic E-state index is -1.49. The van der Waals surface area contributed by atoms with E-state index < -0.39 is 60.2 Å². The summed E-state index contributed by atoms with van der Waals surface area (Å²) < 4.78 is 0. The van der Waals surface area contributed by atoms with Crippen molar-refractivity contribution in [2.45, 2.75) is 76.5 Å². The molecule has 10 N–H and O–H groups in total. The van der Waals surface area contributed by atoms with Crippen LogP contribution in [0.2, 0.25) is 0 Å². The zero-order valence-corrected chi connectivity index (χ0v) is 20.5. The van der Waals surface area contributed by atoms with E-state index in [1.165, 1.54) is 12.5 Å². The molecule has 0 aliphatic carbocycles. The maximum absolute atomic E-state index is 12.9. The van der Waals surface area contributed by atoms with Gasteiger partial charge in [0.25, 0.3) is 0 Å². The highest BCUT2D eigenvalue weighted by atomic mass is 16.4. The van der Waals surface area contributed by atoms with E-state index in [0.29, 0.717) is 31.5 Å². The Morgan fingerprint density at radius 2 is 1.61 bits per heavy atom. The highest BCUT2D eigenvalue weighted by Crippen LogP contribution is 2.08. The Hall–Kier alpha value is -3.52. The van der Waals surface area contributed by atoms with E-state index in [0.717, 1.165) is 0 Å². The van der Waals surface area contributed by atoms with E-state index in [9.17, 15) is 34.2 Å². The summed E-state index contributed by atoms with van der Waals surface area (Å²) in [5, 5.41) is 25.9. The number of H-pyrrole nitrogens is 1. The van der Waals surface area contributed by atoms with E-state index >= 15 is 0 Å². The zero-order valence-electron chi connectivity index (χ0n) is 20.5. The van der Waals surface area contributed by atoms with Gasteiger partial charge in [-0.05, 0) is 31.7 Å². The molecule has 0 aliphatic rings. The third-order valence-corrected chi connectivity index (χ3v) is 5.74. The average molecular weight is 512 g/mol. The van der Waals surface area contributed by atoms with E-state index in [-0.39, 0.29) is 18.8 Å². The smallest absolute Gasteiger partial charge is 0.326 e. The molecule has 36 heavy (non-hydrogen) atoms. The molecule has 0 bridgehead atoms. The van der Waals surface area contributed by atoms with Gasteiger partial charge in [-0.2, -0.15) is 0 Å². The molecule has 0 fully saturated rings. The van der Waals surface area contributed by atoms with Crippen LogP contribution in [0.3, 0.4) is 0 Å². The number of nitrogens with one attached hydrogen (secondary N) is 4. The molecule has 14 nitrogen and oxygen atoms in total. The number of unbranched alkanes of at least 4 members (excludes halogenated alkanes) is 1. The van der Waals surface area contributed by atoms with Crippen molar-refractivity contribution in [2.24, 2.45) is 17.4 Å². The van der Waals surface area contributed by atoms with Gasteiger partial charge in [0.1, 0.15) is 18.1 Å². The van der Waals surface area contributed by atoms with Crippen LogP contribution in [-0.2, 0) is 30.4 Å². The number of hydrogen-bond acceptors (Lipinski definition) is 8. The SMILES string of the molecule is CCC(C)C(N)C(=O)NC(CC(=O)O)C(=O)NC(CCCCN)C(=O)NC(Cc1cnc[nH]1)C(=O)O. The minimum Gasteiger partial charge on any atom is -0.481 e. The van der Waals surface area contributed by atoms with Gasteiger partial charge in [0.2, 0.25) is 17.7 Å². The summed E-state index contributed by atoms with van der Waals surface area (Å²) in [7, 11) is 0. The number of aliphatic carboxylic acids is 2. The minimum absolute atomic E-state index is 0.0737. The van der Waals surface area contributed by atoms with Gasteiger partial charge < -0.3 is 42.6 Å². The number of carboxylic acids is 2. The number of amides is 3. The number of imidazole rings is 1. The second-order valence-corrected chi connectivity index (χ2v) is 8.60. The average Bonchev–Trinajstić information content (AvgIpc) is 3.34. The monoisotopic (exact) mass is 511 g/mol.